The first-order chi connectivity index (χ1) is 16.4. The van der Waals surface area contributed by atoms with Gasteiger partial charge in [0.05, 0.1) is 18.2 Å². The molecule has 0 saturated heterocycles. The van der Waals surface area contributed by atoms with Crippen molar-refractivity contribution in [2.75, 3.05) is 16.8 Å². The van der Waals surface area contributed by atoms with Gasteiger partial charge in [0, 0.05) is 32.5 Å². The summed E-state index contributed by atoms with van der Waals surface area (Å²) >= 11 is 0. The summed E-state index contributed by atoms with van der Waals surface area (Å²) < 4.78 is 7.90. The van der Waals surface area contributed by atoms with E-state index in [9.17, 15) is 14.4 Å². The molecule has 0 unspecified atom stereocenters. The summed E-state index contributed by atoms with van der Waals surface area (Å²) in [5.41, 5.74) is 1.17. The molecule has 0 radical (unpaired) electrons. The number of esters is 1. The van der Waals surface area contributed by atoms with Gasteiger partial charge in [0.25, 0.3) is 5.56 Å². The molecular formula is C26H28N4O4. The van der Waals surface area contributed by atoms with Crippen molar-refractivity contribution in [1.82, 2.24) is 9.13 Å². The Balaban J connectivity index is 1.95. The zero-order valence-electron chi connectivity index (χ0n) is 19.5. The summed E-state index contributed by atoms with van der Waals surface area (Å²) in [6, 6.07) is 18.3. The number of ether oxygens (including phenoxy) is 1. The average molecular weight is 461 g/mol. The van der Waals surface area contributed by atoms with Gasteiger partial charge in [-0.25, -0.2) is 4.79 Å². The molecule has 4 rings (SSSR count). The zero-order chi connectivity index (χ0) is 24.2. The van der Waals surface area contributed by atoms with Gasteiger partial charge in [-0.2, -0.15) is 0 Å². The highest BCUT2D eigenvalue weighted by Crippen LogP contribution is 2.36. The molecule has 0 fully saturated rings. The topological polar surface area (TPSA) is 85.6 Å². The van der Waals surface area contributed by atoms with Gasteiger partial charge in [-0.1, -0.05) is 54.6 Å². The molecule has 0 aliphatic carbocycles. The van der Waals surface area contributed by atoms with Gasteiger partial charge in [0.1, 0.15) is 11.7 Å². The Labute approximate surface area is 197 Å². The second-order valence-corrected chi connectivity index (χ2v) is 8.16. The summed E-state index contributed by atoms with van der Waals surface area (Å²) in [5.74, 6) is -0.797. The fraction of sp³-hybridized carbons (Fsp3) is 0.269. The van der Waals surface area contributed by atoms with E-state index in [4.69, 9.17) is 4.74 Å². The number of hydrogen-bond donors (Lipinski definition) is 1. The fourth-order valence-electron chi connectivity index (χ4n) is 4.27. The number of para-hydroxylation sites is 1. The quantitative estimate of drug-likeness (QED) is 0.570. The van der Waals surface area contributed by atoms with Gasteiger partial charge >= 0.3 is 11.7 Å². The van der Waals surface area contributed by atoms with E-state index < -0.39 is 29.2 Å². The smallest absolute Gasteiger partial charge is 0.332 e. The van der Waals surface area contributed by atoms with Crippen LogP contribution in [0.15, 0.2) is 82.5 Å². The van der Waals surface area contributed by atoms with E-state index in [1.54, 1.807) is 26.2 Å². The molecule has 1 N–H and O–H groups in total. The van der Waals surface area contributed by atoms with E-state index in [1.807, 2.05) is 65.6 Å². The molecule has 8 nitrogen and oxygen atoms in total. The number of nitrogens with zero attached hydrogens (tertiary/aromatic N) is 3. The Kier molecular flexibility index (Phi) is 6.67. The van der Waals surface area contributed by atoms with E-state index in [0.717, 1.165) is 15.8 Å². The molecule has 0 amide bonds. The molecule has 0 spiro atoms. The first-order valence-electron chi connectivity index (χ1n) is 11.2. The van der Waals surface area contributed by atoms with Gasteiger partial charge in [0.15, 0.2) is 0 Å². The van der Waals surface area contributed by atoms with Crippen LogP contribution in [0, 0.1) is 5.92 Å². The minimum absolute atomic E-state index is 0.215. The maximum atomic E-state index is 13.6. The number of fused-ring (bicyclic) bond motifs is 1. The number of nitrogens with one attached hydrogen (secondary N) is 1. The molecule has 1 aromatic heterocycles. The van der Waals surface area contributed by atoms with Crippen LogP contribution in [-0.4, -0.2) is 21.7 Å². The monoisotopic (exact) mass is 460 g/mol. The standard InChI is InChI=1S/C26H28N4O4/c1-4-34-25(32)20-15-16-30(17-18-11-7-5-8-12-18)23-21(24(31)29(3)26(33)28(23)2)22(20)27-19-13-9-6-10-14-19/h5-16,20,22,27H,4,17H2,1-3H3/t20-,22-/m0/s1. The number of aromatic nitrogens is 2. The van der Waals surface area contributed by atoms with Crippen molar-refractivity contribution in [2.45, 2.75) is 19.5 Å². The third kappa shape index (κ3) is 4.39. The number of rotatable bonds is 6. The molecule has 34 heavy (non-hydrogen) atoms. The fourth-order valence-corrected chi connectivity index (χ4v) is 4.27. The molecular weight excluding hydrogens is 432 g/mol. The summed E-state index contributed by atoms with van der Waals surface area (Å²) in [6.07, 6.45) is 3.50. The van der Waals surface area contributed by atoms with Crippen LogP contribution in [0.1, 0.15) is 24.1 Å². The van der Waals surface area contributed by atoms with Crippen molar-refractivity contribution in [3.63, 3.8) is 0 Å². The second kappa shape index (κ2) is 9.82. The molecule has 1 aliphatic rings. The third-order valence-corrected chi connectivity index (χ3v) is 5.93. The van der Waals surface area contributed by atoms with Crippen molar-refractivity contribution in [1.29, 1.82) is 0 Å². The second-order valence-electron chi connectivity index (χ2n) is 8.16. The Morgan fingerprint density at radius 1 is 0.971 bits per heavy atom. The van der Waals surface area contributed by atoms with Crippen molar-refractivity contribution in [2.24, 2.45) is 20.0 Å². The van der Waals surface area contributed by atoms with Crippen LogP contribution in [-0.2, 0) is 30.2 Å². The summed E-state index contributed by atoms with van der Waals surface area (Å²) in [6.45, 7) is 2.38. The van der Waals surface area contributed by atoms with Crippen molar-refractivity contribution < 1.29 is 9.53 Å². The lowest BCUT2D eigenvalue weighted by molar-refractivity contribution is -0.146. The maximum Gasteiger partial charge on any atom is 0.332 e. The molecule has 2 aromatic carbocycles. The van der Waals surface area contributed by atoms with E-state index >= 15 is 0 Å². The summed E-state index contributed by atoms with van der Waals surface area (Å²) in [7, 11) is 3.08. The Morgan fingerprint density at radius 2 is 1.62 bits per heavy atom. The van der Waals surface area contributed by atoms with E-state index in [1.165, 1.54) is 11.6 Å². The van der Waals surface area contributed by atoms with Gasteiger partial charge in [-0.05, 0) is 24.6 Å². The normalized spacial score (nSPS) is 17.1. The lowest BCUT2D eigenvalue weighted by atomic mass is 9.93. The van der Waals surface area contributed by atoms with Crippen LogP contribution in [0.3, 0.4) is 0 Å². The van der Waals surface area contributed by atoms with Crippen LogP contribution < -0.4 is 21.5 Å². The lowest BCUT2D eigenvalue weighted by Crippen LogP contribution is -2.44. The minimum Gasteiger partial charge on any atom is -0.465 e. The molecule has 1 aliphatic heterocycles. The zero-order valence-corrected chi connectivity index (χ0v) is 19.5. The molecule has 176 valence electrons. The Morgan fingerprint density at radius 3 is 2.26 bits per heavy atom. The molecule has 0 bridgehead atoms. The number of hydrogen-bond acceptors (Lipinski definition) is 6. The number of benzene rings is 2. The lowest BCUT2D eigenvalue weighted by Gasteiger charge is -2.29. The van der Waals surface area contributed by atoms with Gasteiger partial charge in [0.2, 0.25) is 0 Å². The van der Waals surface area contributed by atoms with Gasteiger partial charge < -0.3 is 15.0 Å². The van der Waals surface area contributed by atoms with Crippen LogP contribution in [0.5, 0.6) is 0 Å². The van der Waals surface area contributed by atoms with E-state index in [0.29, 0.717) is 17.9 Å². The predicted octanol–water partition coefficient (Wildman–Crippen LogP) is 2.95. The molecule has 2 heterocycles. The molecule has 8 heteroatoms. The van der Waals surface area contributed by atoms with Crippen LogP contribution >= 0.6 is 0 Å². The molecule has 2 atom stereocenters. The largest absolute Gasteiger partial charge is 0.465 e. The maximum absolute atomic E-state index is 13.6. The van der Waals surface area contributed by atoms with Crippen LogP contribution in [0.25, 0.3) is 0 Å². The summed E-state index contributed by atoms with van der Waals surface area (Å²) in [5, 5.41) is 3.36. The number of carbonyl (C=O) groups excluding carboxylic acids is 1. The molecule has 0 saturated carbocycles. The van der Waals surface area contributed by atoms with E-state index in [-0.39, 0.29) is 6.61 Å². The number of anilines is 2. The highest BCUT2D eigenvalue weighted by atomic mass is 16.5. The first kappa shape index (κ1) is 23.1. The third-order valence-electron chi connectivity index (χ3n) is 5.93. The van der Waals surface area contributed by atoms with Crippen LogP contribution in [0.2, 0.25) is 0 Å². The minimum atomic E-state index is -0.787. The van der Waals surface area contributed by atoms with Crippen molar-refractivity contribution >= 4 is 17.5 Å². The average Bonchev–Trinajstić information content (AvgIpc) is 3.00. The van der Waals surface area contributed by atoms with Gasteiger partial charge in [-0.15, -0.1) is 0 Å². The van der Waals surface area contributed by atoms with Crippen molar-refractivity contribution in [3.05, 3.63) is 105 Å². The highest BCUT2D eigenvalue weighted by molar-refractivity contribution is 5.78. The van der Waals surface area contributed by atoms with Gasteiger partial charge in [-0.3, -0.25) is 18.7 Å². The predicted molar refractivity (Wildman–Crippen MR) is 132 cm³/mol. The SMILES string of the molecule is CCOC(=O)[C@H]1C=CN(Cc2ccccc2)c2c(c(=O)n(C)c(=O)n2C)[C@H]1Nc1ccccc1. The number of carbonyl (C=O) groups is 1. The molecule has 3 aromatic rings. The summed E-state index contributed by atoms with van der Waals surface area (Å²) in [4.78, 5) is 41.4. The Bertz CT molecular complexity index is 1310. The van der Waals surface area contributed by atoms with Crippen LogP contribution in [0.4, 0.5) is 11.5 Å². The van der Waals surface area contributed by atoms with E-state index in [2.05, 4.69) is 5.32 Å². The highest BCUT2D eigenvalue weighted by Gasteiger charge is 2.37. The Hall–Kier alpha value is -4.07. The van der Waals surface area contributed by atoms with Crippen molar-refractivity contribution in [3.8, 4) is 0 Å². The first-order valence-corrected chi connectivity index (χ1v) is 11.2.